The van der Waals surface area contributed by atoms with E-state index < -0.39 is 0 Å². The Balaban J connectivity index is 2.06. The smallest absolute Gasteiger partial charge is 0.219 e. The summed E-state index contributed by atoms with van der Waals surface area (Å²) in [6.07, 6.45) is 5.16. The van der Waals surface area contributed by atoms with Crippen LogP contribution in [0.25, 0.3) is 0 Å². The predicted molar refractivity (Wildman–Crippen MR) is 80.0 cm³/mol. The summed E-state index contributed by atoms with van der Waals surface area (Å²) in [5.41, 5.74) is 1.47. The van der Waals surface area contributed by atoms with Crippen LogP contribution in [-0.4, -0.2) is 17.4 Å². The number of hydrogen-bond acceptors (Lipinski definition) is 2. The Morgan fingerprint density at radius 3 is 2.75 bits per heavy atom. The molecule has 0 fully saturated rings. The van der Waals surface area contributed by atoms with Crippen molar-refractivity contribution in [1.29, 1.82) is 0 Å². The number of hydrogen-bond donors (Lipinski definition) is 0. The molecule has 3 atom stereocenters. The second kappa shape index (κ2) is 6.29. The molecule has 0 aliphatic heterocycles. The highest BCUT2D eigenvalue weighted by atomic mass is 16.3. The van der Waals surface area contributed by atoms with Crippen molar-refractivity contribution >= 4 is 5.91 Å². The first kappa shape index (κ1) is 14.9. The zero-order valence-electron chi connectivity index (χ0n) is 12.9. The van der Waals surface area contributed by atoms with Crippen LogP contribution in [0, 0.1) is 17.8 Å². The van der Waals surface area contributed by atoms with Gasteiger partial charge in [0.15, 0.2) is 0 Å². The maximum absolute atomic E-state index is 11.9. The van der Waals surface area contributed by atoms with E-state index in [1.54, 1.807) is 13.2 Å². The SMILES string of the molecule is CC(=O)N(Cc1ccco1)C[C@H]1[C@H](C)CC(C)=C[C@@H]1C. The molecule has 1 aliphatic rings. The van der Waals surface area contributed by atoms with Crippen LogP contribution < -0.4 is 0 Å². The van der Waals surface area contributed by atoms with E-state index in [0.29, 0.717) is 24.3 Å². The van der Waals surface area contributed by atoms with Crippen molar-refractivity contribution in [2.24, 2.45) is 17.8 Å². The minimum Gasteiger partial charge on any atom is -0.467 e. The third-order valence-corrected chi connectivity index (χ3v) is 4.40. The molecule has 0 aromatic carbocycles. The molecule has 0 N–H and O–H groups in total. The van der Waals surface area contributed by atoms with Gasteiger partial charge in [-0.1, -0.05) is 25.5 Å². The molecular formula is C17H25NO2. The Morgan fingerprint density at radius 2 is 2.20 bits per heavy atom. The summed E-state index contributed by atoms with van der Waals surface area (Å²) < 4.78 is 5.37. The van der Waals surface area contributed by atoms with Crippen LogP contribution in [0.1, 0.15) is 39.9 Å². The molecule has 1 aromatic rings. The fourth-order valence-corrected chi connectivity index (χ4v) is 3.31. The average Bonchev–Trinajstić information content (AvgIpc) is 2.84. The van der Waals surface area contributed by atoms with Crippen LogP contribution in [0.15, 0.2) is 34.5 Å². The predicted octanol–water partition coefficient (Wildman–Crippen LogP) is 3.87. The van der Waals surface area contributed by atoms with Crippen molar-refractivity contribution in [3.63, 3.8) is 0 Å². The summed E-state index contributed by atoms with van der Waals surface area (Å²) >= 11 is 0. The van der Waals surface area contributed by atoms with E-state index in [0.717, 1.165) is 18.7 Å². The standard InChI is InChI=1S/C17H25NO2/c1-12-8-13(2)17(14(3)9-12)11-18(15(4)19)10-16-6-5-7-20-16/h5-8,13-14,17H,9-11H2,1-4H3/t13-,14+,17+/m0/s1. The lowest BCUT2D eigenvalue weighted by Crippen LogP contribution is -2.38. The van der Waals surface area contributed by atoms with Crippen LogP contribution >= 0.6 is 0 Å². The number of allylic oxidation sites excluding steroid dienone is 2. The van der Waals surface area contributed by atoms with Gasteiger partial charge in [-0.25, -0.2) is 0 Å². The minimum absolute atomic E-state index is 0.118. The summed E-state index contributed by atoms with van der Waals surface area (Å²) in [6, 6.07) is 3.79. The normalized spacial score (nSPS) is 26.2. The quantitative estimate of drug-likeness (QED) is 0.782. The first-order valence-electron chi connectivity index (χ1n) is 7.42. The molecule has 1 aliphatic carbocycles. The molecule has 0 unspecified atom stereocenters. The minimum atomic E-state index is 0.118. The van der Waals surface area contributed by atoms with E-state index in [1.807, 2.05) is 17.0 Å². The molecule has 0 saturated heterocycles. The summed E-state index contributed by atoms with van der Waals surface area (Å²) in [7, 11) is 0. The number of rotatable bonds is 4. The van der Waals surface area contributed by atoms with Gasteiger partial charge in [0.2, 0.25) is 5.91 Å². The van der Waals surface area contributed by atoms with Gasteiger partial charge in [-0.15, -0.1) is 0 Å². The summed E-state index contributed by atoms with van der Waals surface area (Å²) in [5, 5.41) is 0. The summed E-state index contributed by atoms with van der Waals surface area (Å²) in [4.78, 5) is 13.8. The molecule has 1 amide bonds. The van der Waals surface area contributed by atoms with Gasteiger partial charge in [-0.05, 0) is 43.2 Å². The highest BCUT2D eigenvalue weighted by Crippen LogP contribution is 2.34. The number of carbonyl (C=O) groups is 1. The number of amides is 1. The molecule has 0 bridgehead atoms. The third kappa shape index (κ3) is 3.53. The topological polar surface area (TPSA) is 33.5 Å². The Morgan fingerprint density at radius 1 is 1.45 bits per heavy atom. The van der Waals surface area contributed by atoms with Crippen molar-refractivity contribution in [3.05, 3.63) is 35.8 Å². The zero-order chi connectivity index (χ0) is 14.7. The van der Waals surface area contributed by atoms with Crippen LogP contribution in [-0.2, 0) is 11.3 Å². The van der Waals surface area contributed by atoms with Crippen LogP contribution in [0.3, 0.4) is 0 Å². The fraction of sp³-hybridized carbons (Fsp3) is 0.588. The molecule has 3 nitrogen and oxygen atoms in total. The van der Waals surface area contributed by atoms with Gasteiger partial charge in [0.1, 0.15) is 5.76 Å². The molecule has 0 radical (unpaired) electrons. The van der Waals surface area contributed by atoms with Crippen molar-refractivity contribution in [1.82, 2.24) is 4.90 Å². The number of carbonyl (C=O) groups excluding carboxylic acids is 1. The van der Waals surface area contributed by atoms with E-state index in [9.17, 15) is 4.79 Å². The molecule has 0 saturated carbocycles. The van der Waals surface area contributed by atoms with Gasteiger partial charge in [-0.2, -0.15) is 0 Å². The highest BCUT2D eigenvalue weighted by Gasteiger charge is 2.29. The van der Waals surface area contributed by atoms with Gasteiger partial charge in [0, 0.05) is 13.5 Å². The Hall–Kier alpha value is -1.51. The van der Waals surface area contributed by atoms with Crippen molar-refractivity contribution in [3.8, 4) is 0 Å². The lowest BCUT2D eigenvalue weighted by Gasteiger charge is -2.36. The molecule has 3 heteroatoms. The molecule has 20 heavy (non-hydrogen) atoms. The van der Waals surface area contributed by atoms with Crippen molar-refractivity contribution in [2.45, 2.75) is 40.7 Å². The number of furan rings is 1. The first-order valence-corrected chi connectivity index (χ1v) is 7.42. The van der Waals surface area contributed by atoms with E-state index in [2.05, 4.69) is 26.8 Å². The zero-order valence-corrected chi connectivity index (χ0v) is 12.9. The van der Waals surface area contributed by atoms with E-state index in [4.69, 9.17) is 4.42 Å². The number of nitrogens with zero attached hydrogens (tertiary/aromatic N) is 1. The third-order valence-electron chi connectivity index (χ3n) is 4.40. The van der Waals surface area contributed by atoms with Crippen LogP contribution in [0.4, 0.5) is 0 Å². The first-order chi connectivity index (χ1) is 9.47. The van der Waals surface area contributed by atoms with Gasteiger partial charge in [0.25, 0.3) is 0 Å². The molecule has 0 spiro atoms. The lowest BCUT2D eigenvalue weighted by atomic mass is 9.75. The van der Waals surface area contributed by atoms with Gasteiger partial charge in [-0.3, -0.25) is 4.79 Å². The second-order valence-electron chi connectivity index (χ2n) is 6.20. The Kier molecular flexibility index (Phi) is 4.69. The largest absolute Gasteiger partial charge is 0.467 e. The summed E-state index contributed by atoms with van der Waals surface area (Å²) in [5.74, 6) is 2.64. The monoisotopic (exact) mass is 275 g/mol. The van der Waals surface area contributed by atoms with Crippen LogP contribution in [0.5, 0.6) is 0 Å². The molecule has 1 aromatic heterocycles. The van der Waals surface area contributed by atoms with Gasteiger partial charge in [0.05, 0.1) is 12.8 Å². The Bertz CT molecular complexity index is 475. The lowest BCUT2D eigenvalue weighted by molar-refractivity contribution is -0.130. The van der Waals surface area contributed by atoms with Gasteiger partial charge >= 0.3 is 0 Å². The average molecular weight is 275 g/mol. The summed E-state index contributed by atoms with van der Waals surface area (Å²) in [6.45, 7) is 9.78. The molecular weight excluding hydrogens is 250 g/mol. The van der Waals surface area contributed by atoms with E-state index >= 15 is 0 Å². The van der Waals surface area contributed by atoms with Crippen molar-refractivity contribution < 1.29 is 9.21 Å². The molecule has 110 valence electrons. The van der Waals surface area contributed by atoms with E-state index in [1.165, 1.54) is 5.57 Å². The molecule has 1 heterocycles. The van der Waals surface area contributed by atoms with E-state index in [-0.39, 0.29) is 5.91 Å². The van der Waals surface area contributed by atoms with Crippen molar-refractivity contribution in [2.75, 3.05) is 6.54 Å². The molecule has 2 rings (SSSR count). The maximum atomic E-state index is 11.9. The second-order valence-corrected chi connectivity index (χ2v) is 6.20. The fourth-order valence-electron chi connectivity index (χ4n) is 3.31. The maximum Gasteiger partial charge on any atom is 0.219 e. The highest BCUT2D eigenvalue weighted by molar-refractivity contribution is 5.73. The van der Waals surface area contributed by atoms with Gasteiger partial charge < -0.3 is 9.32 Å². The Labute approximate surface area is 121 Å². The van der Waals surface area contributed by atoms with Crippen LogP contribution in [0.2, 0.25) is 0 Å².